The highest BCUT2D eigenvalue weighted by molar-refractivity contribution is 6.31. The first-order valence-corrected chi connectivity index (χ1v) is 6.78. The molecule has 1 aromatic carbocycles. The van der Waals surface area contributed by atoms with E-state index >= 15 is 0 Å². The van der Waals surface area contributed by atoms with Gasteiger partial charge in [0.25, 0.3) is 0 Å². The van der Waals surface area contributed by atoms with Crippen LogP contribution in [0.25, 0.3) is 0 Å². The number of nitrogens with zero attached hydrogens (tertiary/aromatic N) is 1. The molecule has 1 aromatic rings. The number of carbonyl (C=O) groups excluding carboxylic acids is 1. The summed E-state index contributed by atoms with van der Waals surface area (Å²) in [4.78, 5) is 13.8. The second-order valence-electron chi connectivity index (χ2n) is 4.10. The van der Waals surface area contributed by atoms with E-state index in [4.69, 9.17) is 11.6 Å². The van der Waals surface area contributed by atoms with Crippen LogP contribution in [-0.4, -0.2) is 30.4 Å². The molecule has 0 spiro atoms. The summed E-state index contributed by atoms with van der Waals surface area (Å²) in [5, 5.41) is 3.88. The molecule has 0 radical (unpaired) electrons. The van der Waals surface area contributed by atoms with Crippen LogP contribution in [0.5, 0.6) is 0 Å². The van der Waals surface area contributed by atoms with Gasteiger partial charge in [0.1, 0.15) is 0 Å². The van der Waals surface area contributed by atoms with Crippen molar-refractivity contribution in [1.82, 2.24) is 10.2 Å². The molecule has 0 atom stereocenters. The molecule has 0 aliphatic carbocycles. The van der Waals surface area contributed by atoms with Crippen LogP contribution in [0.1, 0.15) is 25.8 Å². The zero-order valence-corrected chi connectivity index (χ0v) is 11.8. The first-order valence-electron chi connectivity index (χ1n) is 6.40. The van der Waals surface area contributed by atoms with Crippen molar-refractivity contribution >= 4 is 17.5 Å². The Morgan fingerprint density at radius 2 is 2.06 bits per heavy atom. The second kappa shape index (κ2) is 8.11. The maximum absolute atomic E-state index is 12.0. The Hall–Kier alpha value is -1.06. The van der Waals surface area contributed by atoms with Crippen LogP contribution in [0.4, 0.5) is 0 Å². The predicted molar refractivity (Wildman–Crippen MR) is 75.7 cm³/mol. The van der Waals surface area contributed by atoms with Crippen molar-refractivity contribution in [3.63, 3.8) is 0 Å². The van der Waals surface area contributed by atoms with E-state index in [-0.39, 0.29) is 5.91 Å². The molecule has 0 fully saturated rings. The van der Waals surface area contributed by atoms with Gasteiger partial charge in [-0.05, 0) is 25.1 Å². The van der Waals surface area contributed by atoms with Gasteiger partial charge >= 0.3 is 0 Å². The summed E-state index contributed by atoms with van der Waals surface area (Å²) in [5.74, 6) is 0.165. The quantitative estimate of drug-likeness (QED) is 0.771. The Kier molecular flexibility index (Phi) is 6.76. The molecular formula is C14H21ClN2O. The van der Waals surface area contributed by atoms with E-state index in [0.29, 0.717) is 19.5 Å². The van der Waals surface area contributed by atoms with Crippen molar-refractivity contribution in [3.8, 4) is 0 Å². The average Bonchev–Trinajstić information content (AvgIpc) is 2.38. The SMILES string of the molecule is CCNCCC(=O)N(CC)Cc1ccccc1Cl. The van der Waals surface area contributed by atoms with Crippen LogP contribution in [0.15, 0.2) is 24.3 Å². The van der Waals surface area contributed by atoms with Crippen molar-refractivity contribution in [1.29, 1.82) is 0 Å². The molecule has 3 nitrogen and oxygen atoms in total. The minimum absolute atomic E-state index is 0.165. The zero-order chi connectivity index (χ0) is 13.4. The number of halogens is 1. The molecule has 0 saturated heterocycles. The van der Waals surface area contributed by atoms with Crippen molar-refractivity contribution in [2.75, 3.05) is 19.6 Å². The fourth-order valence-corrected chi connectivity index (χ4v) is 1.93. The highest BCUT2D eigenvalue weighted by Crippen LogP contribution is 2.17. The lowest BCUT2D eigenvalue weighted by atomic mass is 10.2. The lowest BCUT2D eigenvalue weighted by molar-refractivity contribution is -0.131. The van der Waals surface area contributed by atoms with Crippen LogP contribution in [0.3, 0.4) is 0 Å². The molecule has 0 aliphatic heterocycles. The standard InChI is InChI=1S/C14H21ClN2O/c1-3-16-10-9-14(18)17(4-2)11-12-7-5-6-8-13(12)15/h5-8,16H,3-4,9-11H2,1-2H3. The van der Waals surface area contributed by atoms with E-state index in [1.165, 1.54) is 0 Å². The number of hydrogen-bond acceptors (Lipinski definition) is 2. The maximum Gasteiger partial charge on any atom is 0.224 e. The van der Waals surface area contributed by atoms with Gasteiger partial charge in [-0.2, -0.15) is 0 Å². The maximum atomic E-state index is 12.0. The summed E-state index contributed by atoms with van der Waals surface area (Å²) in [7, 11) is 0. The molecule has 1 rings (SSSR count). The third-order valence-electron chi connectivity index (χ3n) is 2.82. The molecular weight excluding hydrogens is 248 g/mol. The fraction of sp³-hybridized carbons (Fsp3) is 0.500. The van der Waals surface area contributed by atoms with Crippen molar-refractivity contribution in [3.05, 3.63) is 34.9 Å². The lowest BCUT2D eigenvalue weighted by Gasteiger charge is -2.21. The molecule has 0 unspecified atom stereocenters. The van der Waals surface area contributed by atoms with E-state index in [2.05, 4.69) is 5.32 Å². The van der Waals surface area contributed by atoms with E-state index < -0.39 is 0 Å². The number of hydrogen-bond donors (Lipinski definition) is 1. The molecule has 0 bridgehead atoms. The second-order valence-corrected chi connectivity index (χ2v) is 4.51. The Labute approximate surface area is 114 Å². The summed E-state index contributed by atoms with van der Waals surface area (Å²) in [6.45, 7) is 6.93. The number of rotatable bonds is 7. The summed E-state index contributed by atoms with van der Waals surface area (Å²) in [6.07, 6.45) is 0.534. The van der Waals surface area contributed by atoms with Crippen molar-refractivity contribution in [2.24, 2.45) is 0 Å². The van der Waals surface area contributed by atoms with Gasteiger partial charge in [-0.15, -0.1) is 0 Å². The summed E-state index contributed by atoms with van der Waals surface area (Å²) >= 11 is 6.11. The first-order chi connectivity index (χ1) is 8.69. The molecule has 1 amide bonds. The molecule has 0 saturated carbocycles. The van der Waals surface area contributed by atoms with Gasteiger partial charge in [0, 0.05) is 31.1 Å². The Bertz CT molecular complexity index is 382. The highest BCUT2D eigenvalue weighted by atomic mass is 35.5. The van der Waals surface area contributed by atoms with Gasteiger partial charge in [-0.25, -0.2) is 0 Å². The van der Waals surface area contributed by atoms with E-state index in [1.54, 1.807) is 0 Å². The zero-order valence-electron chi connectivity index (χ0n) is 11.1. The predicted octanol–water partition coefficient (Wildman–Crippen LogP) is 2.69. The number of amides is 1. The first kappa shape index (κ1) is 15.0. The van der Waals surface area contributed by atoms with Gasteiger partial charge < -0.3 is 10.2 Å². The number of nitrogens with one attached hydrogen (secondary N) is 1. The normalized spacial score (nSPS) is 10.4. The van der Waals surface area contributed by atoms with Gasteiger partial charge in [0.2, 0.25) is 5.91 Å². The van der Waals surface area contributed by atoms with Gasteiger partial charge in [-0.1, -0.05) is 36.7 Å². The monoisotopic (exact) mass is 268 g/mol. The van der Waals surface area contributed by atoms with E-state index in [1.807, 2.05) is 43.0 Å². The fourth-order valence-electron chi connectivity index (χ4n) is 1.74. The summed E-state index contributed by atoms with van der Waals surface area (Å²) in [5.41, 5.74) is 0.998. The Balaban J connectivity index is 2.56. The Morgan fingerprint density at radius 3 is 2.67 bits per heavy atom. The van der Waals surface area contributed by atoms with Crippen LogP contribution in [-0.2, 0) is 11.3 Å². The smallest absolute Gasteiger partial charge is 0.224 e. The summed E-state index contributed by atoms with van der Waals surface area (Å²) in [6, 6.07) is 7.66. The van der Waals surface area contributed by atoms with Crippen LogP contribution >= 0.6 is 11.6 Å². The van der Waals surface area contributed by atoms with Crippen LogP contribution in [0, 0.1) is 0 Å². The highest BCUT2D eigenvalue weighted by Gasteiger charge is 2.12. The van der Waals surface area contributed by atoms with Crippen molar-refractivity contribution in [2.45, 2.75) is 26.8 Å². The van der Waals surface area contributed by atoms with Gasteiger partial charge in [0.05, 0.1) is 0 Å². The Morgan fingerprint density at radius 1 is 1.33 bits per heavy atom. The average molecular weight is 269 g/mol. The van der Waals surface area contributed by atoms with Gasteiger partial charge in [-0.3, -0.25) is 4.79 Å². The van der Waals surface area contributed by atoms with Gasteiger partial charge in [0.15, 0.2) is 0 Å². The molecule has 0 heterocycles. The number of benzene rings is 1. The third-order valence-corrected chi connectivity index (χ3v) is 3.19. The minimum atomic E-state index is 0.165. The van der Waals surface area contributed by atoms with Crippen LogP contribution in [0.2, 0.25) is 5.02 Å². The lowest BCUT2D eigenvalue weighted by Crippen LogP contribution is -2.32. The number of carbonyl (C=O) groups is 1. The molecule has 18 heavy (non-hydrogen) atoms. The summed E-state index contributed by atoms with van der Waals surface area (Å²) < 4.78 is 0. The third kappa shape index (κ3) is 4.67. The van der Waals surface area contributed by atoms with E-state index in [9.17, 15) is 4.79 Å². The molecule has 0 aliphatic rings. The van der Waals surface area contributed by atoms with Crippen LogP contribution < -0.4 is 5.32 Å². The molecule has 0 aromatic heterocycles. The molecule has 100 valence electrons. The molecule has 4 heteroatoms. The van der Waals surface area contributed by atoms with E-state index in [0.717, 1.165) is 23.7 Å². The largest absolute Gasteiger partial charge is 0.339 e. The minimum Gasteiger partial charge on any atom is -0.339 e. The molecule has 1 N–H and O–H groups in total. The topological polar surface area (TPSA) is 32.3 Å². The van der Waals surface area contributed by atoms with Crippen molar-refractivity contribution < 1.29 is 4.79 Å².